The van der Waals surface area contributed by atoms with Gasteiger partial charge in [0, 0.05) is 15.6 Å². The Kier molecular flexibility index (Phi) is 6.92. The first-order chi connectivity index (χ1) is 8.54. The topological polar surface area (TPSA) is 58.9 Å². The summed E-state index contributed by atoms with van der Waals surface area (Å²) >= 11 is 12.0. The molecule has 4 nitrogen and oxygen atoms in total. The van der Waals surface area contributed by atoms with Crippen LogP contribution < -0.4 is 0 Å². The molecule has 0 amide bonds. The highest BCUT2D eigenvalue weighted by Gasteiger charge is 2.10. The number of rotatable bonds is 7. The first kappa shape index (κ1) is 15.7. The molecule has 102 valence electrons. The molecule has 1 aromatic rings. The molecule has 0 heterocycles. The molecule has 0 saturated carbocycles. The Balaban J connectivity index is 2.40. The van der Waals surface area contributed by atoms with Crippen LogP contribution in [0.3, 0.4) is 0 Å². The van der Waals surface area contributed by atoms with Gasteiger partial charge in [0.25, 0.3) is 0 Å². The van der Waals surface area contributed by atoms with E-state index in [2.05, 4.69) is 0 Å². The molecule has 1 aromatic carbocycles. The maximum atomic E-state index is 9.11. The lowest BCUT2D eigenvalue weighted by Gasteiger charge is -2.16. The maximum absolute atomic E-state index is 9.11. The van der Waals surface area contributed by atoms with E-state index >= 15 is 0 Å². The van der Waals surface area contributed by atoms with Gasteiger partial charge in [-0.1, -0.05) is 29.3 Å². The molecule has 0 aliphatic rings. The lowest BCUT2D eigenvalue weighted by atomic mass is 10.2. The highest BCUT2D eigenvalue weighted by atomic mass is 35.5. The van der Waals surface area contributed by atoms with Crippen molar-refractivity contribution in [2.75, 3.05) is 13.2 Å². The molecular formula is C12H16Cl2O4. The molecule has 0 radical (unpaired) electrons. The molecule has 0 fully saturated rings. The van der Waals surface area contributed by atoms with Crippen molar-refractivity contribution in [1.29, 1.82) is 0 Å². The van der Waals surface area contributed by atoms with Crippen molar-refractivity contribution in [3.8, 4) is 0 Å². The third kappa shape index (κ3) is 5.10. The predicted molar refractivity (Wildman–Crippen MR) is 69.8 cm³/mol. The van der Waals surface area contributed by atoms with Crippen LogP contribution in [0.15, 0.2) is 18.2 Å². The monoisotopic (exact) mass is 294 g/mol. The zero-order chi connectivity index (χ0) is 13.5. The highest BCUT2D eigenvalue weighted by Crippen LogP contribution is 2.25. The Hall–Kier alpha value is -0.360. The number of aliphatic hydroxyl groups excluding tert-OH is 2. The summed E-state index contributed by atoms with van der Waals surface area (Å²) in [7, 11) is 0. The molecule has 1 rings (SSSR count). The second-order valence-corrected chi connectivity index (χ2v) is 4.56. The van der Waals surface area contributed by atoms with E-state index < -0.39 is 12.4 Å². The van der Waals surface area contributed by atoms with E-state index in [4.69, 9.17) is 42.9 Å². The number of ether oxygens (including phenoxy) is 2. The molecule has 6 heteroatoms. The summed E-state index contributed by atoms with van der Waals surface area (Å²) < 4.78 is 10.6. The number of aliphatic hydroxyl groups is 2. The summed E-state index contributed by atoms with van der Waals surface area (Å²) in [6, 6.07) is 5.21. The summed E-state index contributed by atoms with van der Waals surface area (Å²) in [5, 5.41) is 18.8. The fourth-order valence-electron chi connectivity index (χ4n) is 1.22. The molecule has 2 N–H and O–H groups in total. The van der Waals surface area contributed by atoms with Crippen molar-refractivity contribution in [2.45, 2.75) is 25.9 Å². The Bertz CT molecular complexity index is 353. The van der Waals surface area contributed by atoms with Crippen molar-refractivity contribution < 1.29 is 19.7 Å². The lowest BCUT2D eigenvalue weighted by Crippen LogP contribution is -2.24. The lowest BCUT2D eigenvalue weighted by molar-refractivity contribution is -0.156. The summed E-state index contributed by atoms with van der Waals surface area (Å²) in [5.41, 5.74) is 0.694. The van der Waals surface area contributed by atoms with Crippen LogP contribution in [0.25, 0.3) is 0 Å². The molecule has 0 aromatic heterocycles. The number of hydrogen-bond acceptors (Lipinski definition) is 4. The van der Waals surface area contributed by atoms with Gasteiger partial charge in [-0.25, -0.2) is 0 Å². The van der Waals surface area contributed by atoms with Crippen LogP contribution in [0.2, 0.25) is 10.0 Å². The second-order valence-electron chi connectivity index (χ2n) is 3.75. The molecular weight excluding hydrogens is 279 g/mol. The Morgan fingerprint density at radius 2 is 1.83 bits per heavy atom. The van der Waals surface area contributed by atoms with Gasteiger partial charge in [-0.05, 0) is 19.1 Å². The van der Waals surface area contributed by atoms with Crippen molar-refractivity contribution >= 4 is 23.2 Å². The van der Waals surface area contributed by atoms with Gasteiger partial charge in [0.05, 0.1) is 19.8 Å². The van der Waals surface area contributed by atoms with Gasteiger partial charge in [0.2, 0.25) is 0 Å². The molecule has 0 aliphatic heterocycles. The fourth-order valence-corrected chi connectivity index (χ4v) is 1.72. The van der Waals surface area contributed by atoms with Crippen LogP contribution >= 0.6 is 23.2 Å². The summed E-state index contributed by atoms with van der Waals surface area (Å²) in [6.07, 6.45) is -1.43. The first-order valence-corrected chi connectivity index (χ1v) is 6.25. The van der Waals surface area contributed by atoms with Gasteiger partial charge in [0.1, 0.15) is 6.10 Å². The largest absolute Gasteiger partial charge is 0.394 e. The highest BCUT2D eigenvalue weighted by molar-refractivity contribution is 6.35. The number of benzene rings is 1. The average Bonchev–Trinajstić information content (AvgIpc) is 2.35. The fraction of sp³-hybridized carbons (Fsp3) is 0.500. The Morgan fingerprint density at radius 3 is 2.39 bits per heavy atom. The molecule has 18 heavy (non-hydrogen) atoms. The molecule has 0 spiro atoms. The van der Waals surface area contributed by atoms with E-state index in [1.807, 2.05) is 0 Å². The van der Waals surface area contributed by atoms with Gasteiger partial charge < -0.3 is 19.7 Å². The summed E-state index contributed by atoms with van der Waals surface area (Å²) in [5.74, 6) is 0. The summed E-state index contributed by atoms with van der Waals surface area (Å²) in [4.78, 5) is 0. The van der Waals surface area contributed by atoms with E-state index in [9.17, 15) is 0 Å². The Labute approximate surface area is 116 Å². The molecule has 2 atom stereocenters. The van der Waals surface area contributed by atoms with Crippen LogP contribution in [0, 0.1) is 0 Å². The molecule has 0 saturated heterocycles. The van der Waals surface area contributed by atoms with Crippen LogP contribution in [0.1, 0.15) is 12.5 Å². The second kappa shape index (κ2) is 7.94. The number of hydrogen-bond donors (Lipinski definition) is 2. The molecule has 0 bridgehead atoms. The van der Waals surface area contributed by atoms with Gasteiger partial charge in [-0.15, -0.1) is 0 Å². The first-order valence-electron chi connectivity index (χ1n) is 5.49. The minimum absolute atomic E-state index is 0.00786. The van der Waals surface area contributed by atoms with Crippen molar-refractivity contribution in [1.82, 2.24) is 0 Å². The maximum Gasteiger partial charge on any atom is 0.155 e. The van der Waals surface area contributed by atoms with Crippen molar-refractivity contribution in [3.05, 3.63) is 33.8 Å². The minimum Gasteiger partial charge on any atom is -0.394 e. The van der Waals surface area contributed by atoms with Crippen LogP contribution in [-0.4, -0.2) is 35.8 Å². The third-order valence-electron chi connectivity index (χ3n) is 2.26. The predicted octanol–water partition coefficient (Wildman–Crippen LogP) is 2.23. The third-order valence-corrected chi connectivity index (χ3v) is 2.97. The summed E-state index contributed by atoms with van der Waals surface area (Å²) in [6.45, 7) is 1.57. The van der Waals surface area contributed by atoms with Crippen LogP contribution in [-0.2, 0) is 16.1 Å². The van der Waals surface area contributed by atoms with E-state index in [0.717, 1.165) is 0 Å². The van der Waals surface area contributed by atoms with Crippen molar-refractivity contribution in [2.24, 2.45) is 0 Å². The SMILES string of the molecule is CC(OCc1c(Cl)cccc1Cl)OCC(O)CO. The van der Waals surface area contributed by atoms with E-state index in [1.54, 1.807) is 25.1 Å². The average molecular weight is 295 g/mol. The standard InChI is InChI=1S/C12H16Cl2O4/c1-8(17-6-9(16)5-15)18-7-10-11(13)3-2-4-12(10)14/h2-4,8-9,15-16H,5-7H2,1H3. The zero-order valence-corrected chi connectivity index (χ0v) is 11.5. The minimum atomic E-state index is -0.903. The van der Waals surface area contributed by atoms with Crippen LogP contribution in [0.5, 0.6) is 0 Å². The van der Waals surface area contributed by atoms with Gasteiger partial charge in [-0.3, -0.25) is 0 Å². The quantitative estimate of drug-likeness (QED) is 0.757. The van der Waals surface area contributed by atoms with E-state index in [0.29, 0.717) is 15.6 Å². The molecule has 2 unspecified atom stereocenters. The van der Waals surface area contributed by atoms with E-state index in [-0.39, 0.29) is 19.8 Å². The smallest absolute Gasteiger partial charge is 0.155 e. The zero-order valence-electron chi connectivity index (χ0n) is 9.97. The van der Waals surface area contributed by atoms with Crippen LogP contribution in [0.4, 0.5) is 0 Å². The normalized spacial score (nSPS) is 14.5. The number of halogens is 2. The Morgan fingerprint density at radius 1 is 1.22 bits per heavy atom. The van der Waals surface area contributed by atoms with E-state index in [1.165, 1.54) is 0 Å². The van der Waals surface area contributed by atoms with Crippen molar-refractivity contribution in [3.63, 3.8) is 0 Å². The van der Waals surface area contributed by atoms with Gasteiger partial charge in [0.15, 0.2) is 6.29 Å². The van der Waals surface area contributed by atoms with Gasteiger partial charge in [-0.2, -0.15) is 0 Å². The molecule has 0 aliphatic carbocycles. The van der Waals surface area contributed by atoms with Gasteiger partial charge >= 0.3 is 0 Å².